The van der Waals surface area contributed by atoms with Crippen molar-refractivity contribution >= 4 is 34.0 Å². The lowest BCUT2D eigenvalue weighted by atomic mass is 10.1. The van der Waals surface area contributed by atoms with Crippen molar-refractivity contribution in [2.75, 3.05) is 10.6 Å². The van der Waals surface area contributed by atoms with Gasteiger partial charge in [-0.25, -0.2) is 13.8 Å². The Morgan fingerprint density at radius 3 is 2.37 bits per heavy atom. The Hall–Kier alpha value is -3.13. The van der Waals surface area contributed by atoms with E-state index in [9.17, 15) is 18.4 Å². The van der Waals surface area contributed by atoms with Crippen LogP contribution in [0.2, 0.25) is 0 Å². The van der Waals surface area contributed by atoms with Gasteiger partial charge in [0, 0.05) is 11.3 Å². The van der Waals surface area contributed by atoms with Gasteiger partial charge in [0.25, 0.3) is 5.91 Å². The number of anilines is 2. The Labute approximate surface area is 177 Å². The summed E-state index contributed by atoms with van der Waals surface area (Å²) in [4.78, 5) is 29.5. The van der Waals surface area contributed by atoms with E-state index in [-0.39, 0.29) is 23.0 Å². The van der Waals surface area contributed by atoms with Crippen LogP contribution in [0.3, 0.4) is 0 Å². The first-order valence-corrected chi connectivity index (χ1v) is 10.1. The molecule has 3 aromatic rings. The maximum Gasteiger partial charge on any atom is 0.267 e. The molecule has 1 aromatic heterocycles. The van der Waals surface area contributed by atoms with Gasteiger partial charge in [0.1, 0.15) is 4.88 Å². The number of hydrogen-bond acceptors (Lipinski definition) is 4. The molecule has 5 nitrogen and oxygen atoms in total. The van der Waals surface area contributed by atoms with Crippen LogP contribution in [0.1, 0.15) is 37.6 Å². The van der Waals surface area contributed by atoms with Crippen LogP contribution in [0, 0.1) is 39.3 Å². The van der Waals surface area contributed by atoms with Crippen LogP contribution >= 0.6 is 11.3 Å². The van der Waals surface area contributed by atoms with Gasteiger partial charge >= 0.3 is 0 Å². The molecular weight excluding hydrogens is 408 g/mol. The molecule has 2 N–H and O–H groups in total. The number of nitrogens with one attached hydrogen (secondary N) is 2. The van der Waals surface area contributed by atoms with Crippen molar-refractivity contribution in [3.8, 4) is 0 Å². The lowest BCUT2D eigenvalue weighted by Crippen LogP contribution is -2.15. The average molecular weight is 429 g/mol. The predicted molar refractivity (Wildman–Crippen MR) is 114 cm³/mol. The van der Waals surface area contributed by atoms with Crippen molar-refractivity contribution < 1.29 is 18.4 Å². The summed E-state index contributed by atoms with van der Waals surface area (Å²) >= 11 is 1.03. The molecular formula is C22H21F2N3O2S. The Kier molecular flexibility index (Phi) is 6.26. The Balaban J connectivity index is 1.73. The molecule has 0 saturated heterocycles. The van der Waals surface area contributed by atoms with Gasteiger partial charge in [-0.3, -0.25) is 9.59 Å². The van der Waals surface area contributed by atoms with Gasteiger partial charge in [-0.05, 0) is 44.9 Å². The van der Waals surface area contributed by atoms with Crippen LogP contribution in [-0.2, 0) is 11.2 Å². The lowest BCUT2D eigenvalue weighted by molar-refractivity contribution is -0.115. The number of carbonyl (C=O) groups excluding carboxylic acids is 2. The second kappa shape index (κ2) is 8.71. The molecule has 0 unspecified atom stereocenters. The quantitative estimate of drug-likeness (QED) is 0.594. The van der Waals surface area contributed by atoms with Gasteiger partial charge in [0.2, 0.25) is 5.91 Å². The van der Waals surface area contributed by atoms with Gasteiger partial charge in [-0.2, -0.15) is 0 Å². The van der Waals surface area contributed by atoms with E-state index in [0.717, 1.165) is 39.8 Å². The van der Waals surface area contributed by atoms with Gasteiger partial charge in [0.15, 0.2) is 16.8 Å². The van der Waals surface area contributed by atoms with Crippen molar-refractivity contribution in [3.63, 3.8) is 0 Å². The number of halogens is 2. The molecule has 8 heteroatoms. The van der Waals surface area contributed by atoms with Crippen molar-refractivity contribution in [3.05, 3.63) is 74.8 Å². The third kappa shape index (κ3) is 4.71. The maximum absolute atomic E-state index is 13.8. The highest BCUT2D eigenvalue weighted by molar-refractivity contribution is 7.17. The molecule has 2 aromatic carbocycles. The van der Waals surface area contributed by atoms with E-state index in [1.54, 1.807) is 6.92 Å². The normalized spacial score (nSPS) is 10.7. The standard InChI is InChI=1S/C22H21F2N3O2S/c1-11-8-12(2)19(13(3)9-11)27-21(29)20-14(4)25-22(30-20)26-17(28)10-15-6-5-7-16(23)18(15)24/h5-9H,10H2,1-4H3,(H,27,29)(H,25,26,28). The summed E-state index contributed by atoms with van der Waals surface area (Å²) in [6.07, 6.45) is -0.342. The number of carbonyl (C=O) groups is 2. The van der Waals surface area contributed by atoms with E-state index in [4.69, 9.17) is 0 Å². The molecule has 0 aliphatic carbocycles. The summed E-state index contributed by atoms with van der Waals surface area (Å²) < 4.78 is 27.0. The number of amides is 2. The largest absolute Gasteiger partial charge is 0.321 e. The third-order valence-corrected chi connectivity index (χ3v) is 5.62. The zero-order valence-electron chi connectivity index (χ0n) is 17.0. The van der Waals surface area contributed by atoms with E-state index >= 15 is 0 Å². The summed E-state index contributed by atoms with van der Waals surface area (Å²) in [5.74, 6) is -2.93. The zero-order chi connectivity index (χ0) is 22.0. The van der Waals surface area contributed by atoms with Crippen LogP contribution in [0.15, 0.2) is 30.3 Å². The monoisotopic (exact) mass is 429 g/mol. The van der Waals surface area contributed by atoms with Crippen LogP contribution in [0.4, 0.5) is 19.6 Å². The van der Waals surface area contributed by atoms with Crippen LogP contribution in [0.5, 0.6) is 0 Å². The fourth-order valence-corrected chi connectivity index (χ4v) is 4.11. The number of hydrogen-bond donors (Lipinski definition) is 2. The van der Waals surface area contributed by atoms with Crippen LogP contribution in [-0.4, -0.2) is 16.8 Å². The topological polar surface area (TPSA) is 71.1 Å². The number of rotatable bonds is 5. The molecule has 1 heterocycles. The number of benzene rings is 2. The smallest absolute Gasteiger partial charge is 0.267 e. The first-order chi connectivity index (χ1) is 14.2. The number of aryl methyl sites for hydroxylation is 4. The summed E-state index contributed by atoms with van der Waals surface area (Å²) in [7, 11) is 0. The molecule has 3 rings (SSSR count). The highest BCUT2D eigenvalue weighted by atomic mass is 32.1. The van der Waals surface area contributed by atoms with E-state index in [2.05, 4.69) is 15.6 Å². The highest BCUT2D eigenvalue weighted by Crippen LogP contribution is 2.27. The molecule has 30 heavy (non-hydrogen) atoms. The third-order valence-electron chi connectivity index (χ3n) is 4.55. The summed E-state index contributed by atoms with van der Waals surface area (Å²) in [6.45, 7) is 7.50. The SMILES string of the molecule is Cc1cc(C)c(NC(=O)c2sc(NC(=O)Cc3cccc(F)c3F)nc2C)c(C)c1. The van der Waals surface area contributed by atoms with Gasteiger partial charge in [-0.1, -0.05) is 41.2 Å². The van der Waals surface area contributed by atoms with E-state index < -0.39 is 17.5 Å². The zero-order valence-corrected chi connectivity index (χ0v) is 17.8. The minimum absolute atomic E-state index is 0.0518. The molecule has 0 bridgehead atoms. The summed E-state index contributed by atoms with van der Waals surface area (Å²) in [5, 5.41) is 5.68. The number of thiazole rings is 1. The van der Waals surface area contributed by atoms with Crippen molar-refractivity contribution in [1.29, 1.82) is 0 Å². The van der Waals surface area contributed by atoms with Gasteiger partial charge in [0.05, 0.1) is 12.1 Å². The predicted octanol–water partition coefficient (Wildman–Crippen LogP) is 5.09. The number of nitrogens with zero attached hydrogens (tertiary/aromatic N) is 1. The van der Waals surface area contributed by atoms with E-state index in [1.807, 2.05) is 32.9 Å². The fraction of sp³-hybridized carbons (Fsp3) is 0.227. The second-order valence-electron chi connectivity index (χ2n) is 7.10. The fourth-order valence-electron chi connectivity index (χ4n) is 3.23. The van der Waals surface area contributed by atoms with Gasteiger partial charge < -0.3 is 10.6 Å². The van der Waals surface area contributed by atoms with Crippen molar-refractivity contribution in [1.82, 2.24) is 4.98 Å². The second-order valence-corrected chi connectivity index (χ2v) is 8.10. The molecule has 0 aliphatic heterocycles. The van der Waals surface area contributed by atoms with Crippen LogP contribution in [0.25, 0.3) is 0 Å². The highest BCUT2D eigenvalue weighted by Gasteiger charge is 2.19. The van der Waals surface area contributed by atoms with Crippen molar-refractivity contribution in [2.24, 2.45) is 0 Å². The maximum atomic E-state index is 13.8. The molecule has 0 fully saturated rings. The summed E-state index contributed by atoms with van der Waals surface area (Å²) in [6, 6.07) is 7.64. The Bertz CT molecular complexity index is 1120. The molecule has 156 valence electrons. The Morgan fingerprint density at radius 2 is 1.70 bits per heavy atom. The minimum Gasteiger partial charge on any atom is -0.321 e. The molecule has 0 aliphatic rings. The van der Waals surface area contributed by atoms with E-state index in [1.165, 1.54) is 12.1 Å². The molecule has 0 radical (unpaired) electrons. The average Bonchev–Trinajstić information content (AvgIpc) is 3.02. The molecule has 2 amide bonds. The van der Waals surface area contributed by atoms with Gasteiger partial charge in [-0.15, -0.1) is 0 Å². The van der Waals surface area contributed by atoms with Crippen LogP contribution < -0.4 is 10.6 Å². The first kappa shape index (κ1) is 21.6. The van der Waals surface area contributed by atoms with Crippen molar-refractivity contribution in [2.45, 2.75) is 34.1 Å². The van der Waals surface area contributed by atoms with E-state index in [0.29, 0.717) is 10.6 Å². The molecule has 0 spiro atoms. The Morgan fingerprint density at radius 1 is 1.03 bits per heavy atom. The first-order valence-electron chi connectivity index (χ1n) is 9.25. The minimum atomic E-state index is -1.05. The lowest BCUT2D eigenvalue weighted by Gasteiger charge is -2.12. The number of aromatic nitrogens is 1. The summed E-state index contributed by atoms with van der Waals surface area (Å²) in [5.41, 5.74) is 4.17. The molecule has 0 atom stereocenters. The molecule has 0 saturated carbocycles.